The highest BCUT2D eigenvalue weighted by molar-refractivity contribution is 6.30. The molecule has 0 atom stereocenters. The van der Waals surface area contributed by atoms with E-state index in [-0.39, 0.29) is 31.4 Å². The van der Waals surface area contributed by atoms with Crippen molar-refractivity contribution in [3.63, 3.8) is 0 Å². The number of hydrogen-bond acceptors (Lipinski definition) is 6. The monoisotopic (exact) mass is 476 g/mol. The molecule has 172 valence electrons. The normalized spacial score (nSPS) is 10.5. The van der Waals surface area contributed by atoms with Crippen LogP contribution in [0.2, 0.25) is 5.02 Å². The van der Waals surface area contributed by atoms with Crippen molar-refractivity contribution in [2.24, 2.45) is 0 Å². The van der Waals surface area contributed by atoms with Crippen LogP contribution in [0.1, 0.15) is 11.5 Å². The van der Waals surface area contributed by atoms with E-state index in [9.17, 15) is 9.59 Å². The Morgan fingerprint density at radius 1 is 0.912 bits per heavy atom. The van der Waals surface area contributed by atoms with E-state index in [2.05, 4.69) is 20.8 Å². The molecule has 4 aromatic rings. The first kappa shape index (κ1) is 23.0. The number of ether oxygens (including phenoxy) is 1. The van der Waals surface area contributed by atoms with Crippen LogP contribution >= 0.6 is 11.6 Å². The molecule has 2 amide bonds. The van der Waals surface area contributed by atoms with Gasteiger partial charge in [0.15, 0.2) is 6.61 Å². The van der Waals surface area contributed by atoms with Crippen LogP contribution in [0, 0.1) is 0 Å². The van der Waals surface area contributed by atoms with Crippen LogP contribution in [0.4, 0.5) is 5.69 Å². The highest BCUT2D eigenvalue weighted by atomic mass is 35.5. The first-order valence-corrected chi connectivity index (χ1v) is 10.8. The molecule has 0 aliphatic heterocycles. The van der Waals surface area contributed by atoms with Gasteiger partial charge in [-0.15, -0.1) is 10.2 Å². The zero-order valence-corrected chi connectivity index (χ0v) is 18.8. The first-order valence-electron chi connectivity index (χ1n) is 10.5. The second-order valence-electron chi connectivity index (χ2n) is 7.31. The molecule has 2 N–H and O–H groups in total. The third kappa shape index (κ3) is 6.66. The maximum atomic E-state index is 12.2. The number of amides is 2. The lowest BCUT2D eigenvalue weighted by atomic mass is 10.1. The van der Waals surface area contributed by atoms with Gasteiger partial charge in [0, 0.05) is 22.3 Å². The number of halogens is 1. The number of rotatable bonds is 9. The maximum absolute atomic E-state index is 12.2. The van der Waals surface area contributed by atoms with Crippen molar-refractivity contribution in [1.29, 1.82) is 0 Å². The molecule has 0 spiro atoms. The van der Waals surface area contributed by atoms with E-state index in [1.807, 2.05) is 30.3 Å². The summed E-state index contributed by atoms with van der Waals surface area (Å²) in [5.74, 6) is 0.647. The molecule has 1 heterocycles. The third-order valence-electron chi connectivity index (χ3n) is 4.69. The van der Waals surface area contributed by atoms with Gasteiger partial charge in [-0.1, -0.05) is 48.0 Å². The van der Waals surface area contributed by atoms with Crippen LogP contribution in [-0.4, -0.2) is 28.6 Å². The number of nitrogens with one attached hydrogen (secondary N) is 2. The third-order valence-corrected chi connectivity index (χ3v) is 4.94. The molecule has 0 saturated heterocycles. The molecule has 0 aliphatic carbocycles. The molecular weight excluding hydrogens is 456 g/mol. The molecular formula is C25H21ClN4O4. The molecule has 34 heavy (non-hydrogen) atoms. The predicted molar refractivity (Wildman–Crippen MR) is 127 cm³/mol. The highest BCUT2D eigenvalue weighted by Crippen LogP contribution is 2.20. The molecule has 0 fully saturated rings. The molecule has 0 bridgehead atoms. The highest BCUT2D eigenvalue weighted by Gasteiger charge is 2.10. The van der Waals surface area contributed by atoms with Gasteiger partial charge >= 0.3 is 0 Å². The van der Waals surface area contributed by atoms with E-state index in [0.717, 1.165) is 11.1 Å². The quantitative estimate of drug-likeness (QED) is 0.373. The van der Waals surface area contributed by atoms with Gasteiger partial charge in [-0.2, -0.15) is 0 Å². The largest absolute Gasteiger partial charge is 0.484 e. The zero-order valence-electron chi connectivity index (χ0n) is 18.0. The van der Waals surface area contributed by atoms with Gasteiger partial charge < -0.3 is 19.8 Å². The Morgan fingerprint density at radius 3 is 2.50 bits per heavy atom. The minimum Gasteiger partial charge on any atom is -0.484 e. The summed E-state index contributed by atoms with van der Waals surface area (Å²) in [6, 6.07) is 23.3. The number of hydrogen-bond donors (Lipinski definition) is 2. The molecule has 4 rings (SSSR count). The molecule has 0 saturated carbocycles. The molecule has 1 aromatic heterocycles. The minimum atomic E-state index is -0.356. The summed E-state index contributed by atoms with van der Waals surface area (Å²) < 4.78 is 11.3. The minimum absolute atomic E-state index is 0.0813. The van der Waals surface area contributed by atoms with Crippen molar-refractivity contribution in [2.45, 2.75) is 13.0 Å². The Kier molecular flexibility index (Phi) is 7.52. The smallest absolute Gasteiger partial charge is 0.254 e. The summed E-state index contributed by atoms with van der Waals surface area (Å²) in [6.45, 7) is -0.0697. The van der Waals surface area contributed by atoms with Crippen LogP contribution in [0.3, 0.4) is 0 Å². The zero-order chi connectivity index (χ0) is 23.8. The van der Waals surface area contributed by atoms with E-state index in [0.29, 0.717) is 28.2 Å². The van der Waals surface area contributed by atoms with Crippen molar-refractivity contribution in [3.05, 3.63) is 95.3 Å². The van der Waals surface area contributed by atoms with Crippen molar-refractivity contribution < 1.29 is 18.7 Å². The number of aromatic nitrogens is 2. The SMILES string of the molecule is O=C(Cc1ccc(Cl)cc1)NCC(=O)Nc1cccc(OCc2nnc(-c3ccccc3)o2)c1. The second-order valence-corrected chi connectivity index (χ2v) is 7.75. The second kappa shape index (κ2) is 11.1. The van der Waals surface area contributed by atoms with Crippen LogP contribution < -0.4 is 15.4 Å². The van der Waals surface area contributed by atoms with Gasteiger partial charge in [0.2, 0.25) is 17.7 Å². The topological polar surface area (TPSA) is 106 Å². The summed E-state index contributed by atoms with van der Waals surface area (Å²) in [7, 11) is 0. The molecule has 3 aromatic carbocycles. The maximum Gasteiger partial charge on any atom is 0.254 e. The fraction of sp³-hybridized carbons (Fsp3) is 0.120. The van der Waals surface area contributed by atoms with Gasteiger partial charge in [0.25, 0.3) is 5.89 Å². The molecule has 0 unspecified atom stereocenters. The van der Waals surface area contributed by atoms with E-state index < -0.39 is 0 Å². The fourth-order valence-electron chi connectivity index (χ4n) is 3.05. The number of anilines is 1. The predicted octanol–water partition coefficient (Wildman–Crippen LogP) is 4.27. The van der Waals surface area contributed by atoms with E-state index in [1.165, 1.54) is 0 Å². The Balaban J connectivity index is 1.24. The Hall–Kier alpha value is -4.17. The van der Waals surface area contributed by atoms with Crippen LogP contribution in [0.15, 0.2) is 83.3 Å². The summed E-state index contributed by atoms with van der Waals surface area (Å²) in [6.07, 6.45) is 0.162. The molecule has 8 nitrogen and oxygen atoms in total. The van der Waals surface area contributed by atoms with Crippen LogP contribution in [-0.2, 0) is 22.6 Å². The van der Waals surface area contributed by atoms with Crippen LogP contribution in [0.5, 0.6) is 5.75 Å². The number of carbonyl (C=O) groups excluding carboxylic acids is 2. The fourth-order valence-corrected chi connectivity index (χ4v) is 3.18. The van der Waals surface area contributed by atoms with Gasteiger partial charge in [-0.25, -0.2) is 0 Å². The molecule has 9 heteroatoms. The van der Waals surface area contributed by atoms with Crippen molar-refractivity contribution >= 4 is 29.1 Å². The van der Waals surface area contributed by atoms with Gasteiger partial charge in [-0.05, 0) is 42.0 Å². The average Bonchev–Trinajstić information content (AvgIpc) is 3.33. The lowest BCUT2D eigenvalue weighted by molar-refractivity contribution is -0.123. The lowest BCUT2D eigenvalue weighted by Crippen LogP contribution is -2.33. The van der Waals surface area contributed by atoms with Crippen LogP contribution in [0.25, 0.3) is 11.5 Å². The van der Waals surface area contributed by atoms with Gasteiger partial charge in [0.05, 0.1) is 13.0 Å². The van der Waals surface area contributed by atoms with E-state index >= 15 is 0 Å². The molecule has 0 radical (unpaired) electrons. The van der Waals surface area contributed by atoms with E-state index in [1.54, 1.807) is 48.5 Å². The molecule has 0 aliphatic rings. The Bertz CT molecular complexity index is 1260. The summed E-state index contributed by atoms with van der Waals surface area (Å²) in [5, 5.41) is 14.0. The van der Waals surface area contributed by atoms with Crippen molar-refractivity contribution in [1.82, 2.24) is 15.5 Å². The standard InChI is InChI=1S/C25H21ClN4O4/c26-19-11-9-17(10-12-19)13-22(31)27-15-23(32)28-20-7-4-8-21(14-20)33-16-24-29-30-25(34-24)18-5-2-1-3-6-18/h1-12,14H,13,15-16H2,(H,27,31)(H,28,32). The summed E-state index contributed by atoms with van der Waals surface area (Å²) in [5.41, 5.74) is 2.17. The first-order chi connectivity index (χ1) is 16.5. The summed E-state index contributed by atoms with van der Waals surface area (Å²) >= 11 is 5.84. The van der Waals surface area contributed by atoms with Crippen molar-refractivity contribution in [3.8, 4) is 17.2 Å². The summed E-state index contributed by atoms with van der Waals surface area (Å²) in [4.78, 5) is 24.3. The van der Waals surface area contributed by atoms with Crippen molar-refractivity contribution in [2.75, 3.05) is 11.9 Å². The Morgan fingerprint density at radius 2 is 1.71 bits per heavy atom. The van der Waals surface area contributed by atoms with E-state index in [4.69, 9.17) is 20.8 Å². The lowest BCUT2D eigenvalue weighted by Gasteiger charge is -2.09. The number of carbonyl (C=O) groups is 2. The average molecular weight is 477 g/mol. The Labute approximate surface area is 200 Å². The van der Waals surface area contributed by atoms with Gasteiger partial charge in [-0.3, -0.25) is 9.59 Å². The number of nitrogens with zero attached hydrogens (tertiary/aromatic N) is 2. The number of benzene rings is 3. The van der Waals surface area contributed by atoms with Gasteiger partial charge in [0.1, 0.15) is 5.75 Å².